The van der Waals surface area contributed by atoms with Crippen LogP contribution in [-0.2, 0) is 5.75 Å². The number of nitrogens with one attached hydrogen (secondary N) is 1. The Bertz CT molecular complexity index is 1030. The Morgan fingerprint density at radius 2 is 1.93 bits per heavy atom. The second-order valence-corrected chi connectivity index (χ2v) is 6.98. The summed E-state index contributed by atoms with van der Waals surface area (Å²) in [6.07, 6.45) is -3.07. The monoisotopic (exact) mass is 449 g/mol. The van der Waals surface area contributed by atoms with Crippen molar-refractivity contribution < 1.29 is 36.2 Å². The molecule has 2 aromatic heterocycles. The lowest BCUT2D eigenvalue weighted by molar-refractivity contribution is -0.153. The van der Waals surface area contributed by atoms with Gasteiger partial charge in [0.25, 0.3) is 0 Å². The number of alkyl halides is 5. The van der Waals surface area contributed by atoms with Crippen LogP contribution in [0.4, 0.5) is 22.0 Å². The number of H-pyrrole nitrogens is 1. The molecule has 2 heterocycles. The van der Waals surface area contributed by atoms with Crippen LogP contribution in [0.3, 0.4) is 0 Å². The summed E-state index contributed by atoms with van der Waals surface area (Å²) in [7, 11) is 1.32. The number of hydrogen-bond donors (Lipinski definition) is 1. The summed E-state index contributed by atoms with van der Waals surface area (Å²) in [5.74, 6) is 0.373. The van der Waals surface area contributed by atoms with E-state index in [1.165, 1.54) is 43.3 Å². The van der Waals surface area contributed by atoms with Crippen LogP contribution in [0.15, 0.2) is 29.6 Å². The SMILES string of the molecule is COc1cc2nc(SCc3nccc(OCC(F)(F)F)c3C)[nH]c2cc1OC(F)F. The van der Waals surface area contributed by atoms with Crippen LogP contribution in [0.1, 0.15) is 11.3 Å². The topological polar surface area (TPSA) is 69.3 Å². The van der Waals surface area contributed by atoms with Crippen molar-refractivity contribution >= 4 is 22.8 Å². The Labute approximate surface area is 171 Å². The normalized spacial score (nSPS) is 11.9. The van der Waals surface area contributed by atoms with E-state index in [2.05, 4.69) is 19.7 Å². The molecular weight excluding hydrogens is 433 g/mol. The summed E-state index contributed by atoms with van der Waals surface area (Å²) in [5.41, 5.74) is 1.95. The average molecular weight is 449 g/mol. The molecule has 0 saturated carbocycles. The first kappa shape index (κ1) is 21.9. The van der Waals surface area contributed by atoms with E-state index in [9.17, 15) is 22.0 Å². The van der Waals surface area contributed by atoms with Crippen LogP contribution in [-0.4, -0.2) is 41.5 Å². The Balaban J connectivity index is 1.76. The predicted molar refractivity (Wildman–Crippen MR) is 99.4 cm³/mol. The standard InChI is InChI=1S/C18H16F5N3O3S/c1-9-12(24-4-3-13(9)28-8-18(21,22)23)7-30-17-25-10-5-14(27-2)15(29-16(19)20)6-11(10)26-17/h3-6,16H,7-8H2,1-2H3,(H,25,26). The summed E-state index contributed by atoms with van der Waals surface area (Å²) < 4.78 is 76.6. The van der Waals surface area contributed by atoms with Crippen LogP contribution in [0.2, 0.25) is 0 Å². The van der Waals surface area contributed by atoms with Gasteiger partial charge in [0.15, 0.2) is 23.3 Å². The first-order chi connectivity index (χ1) is 14.2. The van der Waals surface area contributed by atoms with Gasteiger partial charge in [0, 0.05) is 29.6 Å². The van der Waals surface area contributed by atoms with Gasteiger partial charge < -0.3 is 19.2 Å². The average Bonchev–Trinajstić information content (AvgIpc) is 3.06. The third-order valence-electron chi connectivity index (χ3n) is 3.96. The zero-order valence-electron chi connectivity index (χ0n) is 15.7. The molecule has 3 aromatic rings. The highest BCUT2D eigenvalue weighted by atomic mass is 32.2. The number of halogens is 5. The van der Waals surface area contributed by atoms with E-state index in [1.54, 1.807) is 6.92 Å². The number of methoxy groups -OCH3 is 1. The molecule has 0 atom stereocenters. The Hall–Kier alpha value is -2.76. The molecule has 6 nitrogen and oxygen atoms in total. The molecule has 0 aliphatic heterocycles. The van der Waals surface area contributed by atoms with Crippen molar-refractivity contribution in [3.05, 3.63) is 35.7 Å². The summed E-state index contributed by atoms with van der Waals surface area (Å²) in [4.78, 5) is 11.5. The highest BCUT2D eigenvalue weighted by molar-refractivity contribution is 7.98. The number of imidazole rings is 1. The number of hydrogen-bond acceptors (Lipinski definition) is 6. The predicted octanol–water partition coefficient (Wildman–Crippen LogP) is 5.11. The van der Waals surface area contributed by atoms with Crippen molar-refractivity contribution in [1.82, 2.24) is 15.0 Å². The number of aromatic amines is 1. The molecule has 3 rings (SSSR count). The van der Waals surface area contributed by atoms with Crippen molar-refractivity contribution in [2.75, 3.05) is 13.7 Å². The van der Waals surface area contributed by atoms with Gasteiger partial charge in [-0.3, -0.25) is 4.98 Å². The number of rotatable bonds is 8. The first-order valence-corrected chi connectivity index (χ1v) is 9.44. The molecule has 162 valence electrons. The third kappa shape index (κ3) is 5.43. The molecule has 0 unspecified atom stereocenters. The number of fused-ring (bicyclic) bond motifs is 1. The van der Waals surface area contributed by atoms with Gasteiger partial charge in [-0.25, -0.2) is 4.98 Å². The Morgan fingerprint density at radius 1 is 1.17 bits per heavy atom. The minimum absolute atomic E-state index is 0.0982. The lowest BCUT2D eigenvalue weighted by atomic mass is 10.2. The zero-order chi connectivity index (χ0) is 21.9. The summed E-state index contributed by atoms with van der Waals surface area (Å²) in [5, 5.41) is 0.462. The van der Waals surface area contributed by atoms with Crippen molar-refractivity contribution in [2.24, 2.45) is 0 Å². The summed E-state index contributed by atoms with van der Waals surface area (Å²) in [6, 6.07) is 4.18. The van der Waals surface area contributed by atoms with E-state index in [1.807, 2.05) is 0 Å². The fourth-order valence-corrected chi connectivity index (χ4v) is 3.48. The Morgan fingerprint density at radius 3 is 2.60 bits per heavy atom. The molecule has 12 heteroatoms. The molecule has 0 radical (unpaired) electrons. The van der Waals surface area contributed by atoms with Gasteiger partial charge in [-0.1, -0.05) is 11.8 Å². The molecule has 0 saturated heterocycles. The Kier molecular flexibility index (Phi) is 6.54. The second kappa shape index (κ2) is 8.94. The van der Waals surface area contributed by atoms with Crippen LogP contribution in [0, 0.1) is 6.92 Å². The molecule has 0 spiro atoms. The fourth-order valence-electron chi connectivity index (χ4n) is 2.57. The number of pyridine rings is 1. The van der Waals surface area contributed by atoms with Gasteiger partial charge >= 0.3 is 12.8 Å². The van der Waals surface area contributed by atoms with E-state index in [-0.39, 0.29) is 17.2 Å². The molecule has 0 fully saturated rings. The molecule has 0 amide bonds. The van der Waals surface area contributed by atoms with E-state index >= 15 is 0 Å². The van der Waals surface area contributed by atoms with Gasteiger partial charge in [-0.05, 0) is 13.0 Å². The van der Waals surface area contributed by atoms with Crippen molar-refractivity contribution in [2.45, 2.75) is 30.6 Å². The van der Waals surface area contributed by atoms with E-state index < -0.39 is 19.4 Å². The largest absolute Gasteiger partial charge is 0.493 e. The quantitative estimate of drug-likeness (QED) is 0.381. The number of aromatic nitrogens is 3. The maximum absolute atomic E-state index is 12.6. The highest BCUT2D eigenvalue weighted by Crippen LogP contribution is 2.34. The van der Waals surface area contributed by atoms with Gasteiger partial charge in [0.05, 0.1) is 23.8 Å². The van der Waals surface area contributed by atoms with E-state index in [4.69, 9.17) is 9.47 Å². The molecule has 0 aliphatic rings. The molecule has 0 aliphatic carbocycles. The number of ether oxygens (including phenoxy) is 3. The lowest BCUT2D eigenvalue weighted by Gasteiger charge is -2.13. The minimum Gasteiger partial charge on any atom is -0.493 e. The van der Waals surface area contributed by atoms with Crippen molar-refractivity contribution in [1.29, 1.82) is 0 Å². The smallest absolute Gasteiger partial charge is 0.422 e. The summed E-state index contributed by atoms with van der Waals surface area (Å²) >= 11 is 1.24. The maximum Gasteiger partial charge on any atom is 0.422 e. The fraction of sp³-hybridized carbons (Fsp3) is 0.333. The number of benzene rings is 1. The maximum atomic E-state index is 12.6. The molecular formula is C18H16F5N3O3S. The van der Waals surface area contributed by atoms with Crippen molar-refractivity contribution in [3.8, 4) is 17.2 Å². The van der Waals surface area contributed by atoms with Gasteiger partial charge in [0.2, 0.25) is 0 Å². The van der Waals surface area contributed by atoms with Gasteiger partial charge in [-0.2, -0.15) is 22.0 Å². The molecule has 0 bridgehead atoms. The van der Waals surface area contributed by atoms with Crippen molar-refractivity contribution in [3.63, 3.8) is 0 Å². The molecule has 30 heavy (non-hydrogen) atoms. The highest BCUT2D eigenvalue weighted by Gasteiger charge is 2.28. The van der Waals surface area contributed by atoms with Crippen LogP contribution < -0.4 is 14.2 Å². The van der Waals surface area contributed by atoms with Gasteiger partial charge in [0.1, 0.15) is 5.75 Å². The summed E-state index contributed by atoms with van der Waals surface area (Å²) in [6.45, 7) is -2.78. The van der Waals surface area contributed by atoms with Gasteiger partial charge in [-0.15, -0.1) is 0 Å². The minimum atomic E-state index is -4.44. The van der Waals surface area contributed by atoms with Crippen LogP contribution in [0.5, 0.6) is 17.2 Å². The molecule has 1 N–H and O–H groups in total. The second-order valence-electron chi connectivity index (χ2n) is 6.01. The van der Waals surface area contributed by atoms with Crippen LogP contribution >= 0.6 is 11.8 Å². The first-order valence-electron chi connectivity index (χ1n) is 8.45. The lowest BCUT2D eigenvalue weighted by Crippen LogP contribution is -2.19. The van der Waals surface area contributed by atoms with E-state index in [0.29, 0.717) is 33.2 Å². The van der Waals surface area contributed by atoms with Crippen LogP contribution in [0.25, 0.3) is 11.0 Å². The number of nitrogens with zero attached hydrogens (tertiary/aromatic N) is 2. The molecule has 1 aromatic carbocycles. The zero-order valence-corrected chi connectivity index (χ0v) is 16.5. The van der Waals surface area contributed by atoms with E-state index in [0.717, 1.165) is 0 Å². The third-order valence-corrected chi connectivity index (χ3v) is 4.84. The number of thioether (sulfide) groups is 1.